The summed E-state index contributed by atoms with van der Waals surface area (Å²) in [7, 11) is 0. The van der Waals surface area contributed by atoms with Crippen molar-refractivity contribution in [3.8, 4) is 5.75 Å². The lowest BCUT2D eigenvalue weighted by atomic mass is 9.87. The number of benzene rings is 4. The standard InChI is InChI=1S/C47H44N4O/c1-4-13-31(14-5-1)32-23-25-34(26-24-32)41-30-40(33-15-6-2-7-16-33)48-46(49-41)36-19-12-20-37(29-36)51-42-22-11-10-21-38(42)44-43(51)28-27-39-45(44)52-47(50-39)35-17-8-3-9-18-35/h1-4,6-10,12-13,15-17,19-21,23-29,35,38,40-42,47,50H,5,11,14,18,22,30H2,(H,48,49). The number of anilines is 3. The van der Waals surface area contributed by atoms with Crippen molar-refractivity contribution in [3.05, 3.63) is 173 Å². The normalized spacial score (nSPS) is 26.7. The SMILES string of the molecule is C1=CCCC(c2ccc(C3CC(c4ccccc4)N=C(c4cccc(N5c6ccc7c(c6C6C=CCCC65)OC(C5C=CC=CC5)N7)c4)N3)cc2)=C1. The van der Waals surface area contributed by atoms with Gasteiger partial charge in [0, 0.05) is 40.4 Å². The van der Waals surface area contributed by atoms with Gasteiger partial charge in [0.15, 0.2) is 12.0 Å². The van der Waals surface area contributed by atoms with Crippen LogP contribution in [0.2, 0.25) is 0 Å². The van der Waals surface area contributed by atoms with Crippen LogP contribution in [0.15, 0.2) is 151 Å². The number of amidine groups is 1. The van der Waals surface area contributed by atoms with Gasteiger partial charge in [-0.25, -0.2) is 0 Å². The third-order valence-electron chi connectivity index (χ3n) is 11.8. The molecule has 2 N–H and O–H groups in total. The molecule has 4 aromatic carbocycles. The molecule has 10 rings (SSSR count). The van der Waals surface area contributed by atoms with Gasteiger partial charge in [-0.1, -0.05) is 121 Å². The maximum Gasteiger partial charge on any atom is 0.176 e. The van der Waals surface area contributed by atoms with Crippen LogP contribution in [0.1, 0.15) is 84.3 Å². The summed E-state index contributed by atoms with van der Waals surface area (Å²) in [6, 6.07) is 34.1. The molecule has 0 bridgehead atoms. The zero-order valence-corrected chi connectivity index (χ0v) is 29.4. The lowest BCUT2D eigenvalue weighted by molar-refractivity contribution is 0.202. The average molecular weight is 681 g/mol. The van der Waals surface area contributed by atoms with Crippen LogP contribution >= 0.6 is 0 Å². The van der Waals surface area contributed by atoms with Crippen LogP contribution in [-0.4, -0.2) is 18.1 Å². The van der Waals surface area contributed by atoms with Crippen LogP contribution in [0.5, 0.6) is 5.75 Å². The van der Waals surface area contributed by atoms with Gasteiger partial charge < -0.3 is 20.3 Å². The molecule has 3 aliphatic carbocycles. The van der Waals surface area contributed by atoms with Gasteiger partial charge in [-0.05, 0) is 85.1 Å². The topological polar surface area (TPSA) is 48.9 Å². The molecule has 5 heteroatoms. The molecule has 0 spiro atoms. The highest BCUT2D eigenvalue weighted by Gasteiger charge is 2.44. The summed E-state index contributed by atoms with van der Waals surface area (Å²) in [5.74, 6) is 2.58. The number of nitrogens with zero attached hydrogens (tertiary/aromatic N) is 2. The number of aliphatic imine (C=N–C) groups is 1. The average Bonchev–Trinajstić information content (AvgIpc) is 3.82. The summed E-state index contributed by atoms with van der Waals surface area (Å²) >= 11 is 0. The maximum absolute atomic E-state index is 6.80. The molecule has 3 aliphatic heterocycles. The fourth-order valence-electron chi connectivity index (χ4n) is 9.13. The van der Waals surface area contributed by atoms with Crippen LogP contribution < -0.4 is 20.3 Å². The Morgan fingerprint density at radius 3 is 2.52 bits per heavy atom. The molecule has 3 heterocycles. The van der Waals surface area contributed by atoms with Crippen molar-refractivity contribution in [2.24, 2.45) is 10.9 Å². The molecular weight excluding hydrogens is 637 g/mol. The highest BCUT2D eigenvalue weighted by molar-refractivity contribution is 6.01. The van der Waals surface area contributed by atoms with Gasteiger partial charge >= 0.3 is 0 Å². The van der Waals surface area contributed by atoms with Crippen molar-refractivity contribution in [1.82, 2.24) is 5.32 Å². The van der Waals surface area contributed by atoms with Gasteiger partial charge in [0.2, 0.25) is 0 Å². The van der Waals surface area contributed by atoms with E-state index in [-0.39, 0.29) is 24.2 Å². The fourth-order valence-corrected chi connectivity index (χ4v) is 9.13. The minimum Gasteiger partial charge on any atom is -0.468 e. The van der Waals surface area contributed by atoms with Crippen LogP contribution in [0.4, 0.5) is 17.1 Å². The van der Waals surface area contributed by atoms with Crippen LogP contribution in [-0.2, 0) is 0 Å². The van der Waals surface area contributed by atoms with Gasteiger partial charge in [-0.2, -0.15) is 0 Å². The molecule has 0 aromatic heterocycles. The quantitative estimate of drug-likeness (QED) is 0.199. The van der Waals surface area contributed by atoms with E-state index in [4.69, 9.17) is 9.73 Å². The Labute approximate surface area is 306 Å². The molecule has 0 amide bonds. The molecule has 0 saturated carbocycles. The number of ether oxygens (including phenoxy) is 1. The van der Waals surface area contributed by atoms with Crippen LogP contribution in [0.3, 0.4) is 0 Å². The van der Waals surface area contributed by atoms with Crippen molar-refractivity contribution in [2.75, 3.05) is 10.2 Å². The Hall–Kier alpha value is -5.55. The van der Waals surface area contributed by atoms with E-state index in [2.05, 4.69) is 161 Å². The lowest BCUT2D eigenvalue weighted by Gasteiger charge is -2.33. The monoisotopic (exact) mass is 680 g/mol. The highest BCUT2D eigenvalue weighted by atomic mass is 16.5. The van der Waals surface area contributed by atoms with Crippen LogP contribution in [0, 0.1) is 5.92 Å². The zero-order chi connectivity index (χ0) is 34.4. The van der Waals surface area contributed by atoms with Gasteiger partial charge in [0.25, 0.3) is 0 Å². The third-order valence-corrected chi connectivity index (χ3v) is 11.8. The molecule has 52 heavy (non-hydrogen) atoms. The summed E-state index contributed by atoms with van der Waals surface area (Å²) in [6.45, 7) is 0. The molecule has 5 nitrogen and oxygen atoms in total. The zero-order valence-electron chi connectivity index (χ0n) is 29.4. The molecule has 6 atom stereocenters. The number of hydrogen-bond donors (Lipinski definition) is 2. The Kier molecular flexibility index (Phi) is 7.93. The molecule has 6 unspecified atom stereocenters. The van der Waals surface area contributed by atoms with Crippen molar-refractivity contribution in [1.29, 1.82) is 0 Å². The molecule has 0 saturated heterocycles. The molecule has 0 radical (unpaired) electrons. The number of fused-ring (bicyclic) bond motifs is 5. The molecular formula is C47H44N4O. The largest absolute Gasteiger partial charge is 0.468 e. The summed E-state index contributed by atoms with van der Waals surface area (Å²) in [6.07, 6.45) is 26.5. The first kappa shape index (κ1) is 31.2. The van der Waals surface area contributed by atoms with Crippen molar-refractivity contribution in [2.45, 2.75) is 68.8 Å². The first-order valence-electron chi connectivity index (χ1n) is 19.1. The first-order valence-corrected chi connectivity index (χ1v) is 19.1. The second-order valence-electron chi connectivity index (χ2n) is 14.9. The summed E-state index contributed by atoms with van der Waals surface area (Å²) in [4.78, 5) is 7.98. The van der Waals surface area contributed by atoms with E-state index in [9.17, 15) is 0 Å². The second-order valence-corrected chi connectivity index (χ2v) is 14.9. The summed E-state index contributed by atoms with van der Waals surface area (Å²) < 4.78 is 6.80. The van der Waals surface area contributed by atoms with E-state index in [0.717, 1.165) is 61.4 Å². The maximum atomic E-state index is 6.80. The fraction of sp³-hybridized carbons (Fsp3) is 0.255. The Bertz CT molecular complexity index is 2170. The van der Waals surface area contributed by atoms with Gasteiger partial charge in [0.1, 0.15) is 5.84 Å². The van der Waals surface area contributed by atoms with E-state index in [1.807, 2.05) is 0 Å². The molecule has 258 valence electrons. The molecule has 6 aliphatic rings. The van der Waals surface area contributed by atoms with Gasteiger partial charge in [-0.3, -0.25) is 4.99 Å². The van der Waals surface area contributed by atoms with E-state index < -0.39 is 0 Å². The lowest BCUT2D eigenvalue weighted by Crippen LogP contribution is -2.35. The van der Waals surface area contributed by atoms with Crippen molar-refractivity contribution < 1.29 is 4.74 Å². The minimum absolute atomic E-state index is 0.0512. The van der Waals surface area contributed by atoms with Gasteiger partial charge in [-0.15, -0.1) is 0 Å². The van der Waals surface area contributed by atoms with E-state index in [1.54, 1.807) is 0 Å². The van der Waals surface area contributed by atoms with E-state index in [1.165, 1.54) is 39.2 Å². The predicted octanol–water partition coefficient (Wildman–Crippen LogP) is 10.9. The Balaban J connectivity index is 0.989. The number of nitrogens with one attached hydrogen (secondary N) is 2. The van der Waals surface area contributed by atoms with Crippen molar-refractivity contribution in [3.63, 3.8) is 0 Å². The molecule has 4 aromatic rings. The molecule has 0 fully saturated rings. The summed E-state index contributed by atoms with van der Waals surface area (Å²) in [5.41, 5.74) is 11.3. The number of allylic oxidation sites excluding steroid dienone is 8. The Morgan fingerprint density at radius 1 is 0.750 bits per heavy atom. The summed E-state index contributed by atoms with van der Waals surface area (Å²) in [5, 5.41) is 7.62. The third kappa shape index (κ3) is 5.60. The second kappa shape index (κ2) is 13.2. The van der Waals surface area contributed by atoms with Gasteiger partial charge in [0.05, 0.1) is 17.8 Å². The van der Waals surface area contributed by atoms with Crippen molar-refractivity contribution >= 4 is 28.5 Å². The minimum atomic E-state index is -0.0512. The highest BCUT2D eigenvalue weighted by Crippen LogP contribution is 2.56. The predicted molar refractivity (Wildman–Crippen MR) is 213 cm³/mol. The number of rotatable bonds is 6. The van der Waals surface area contributed by atoms with E-state index in [0.29, 0.717) is 12.0 Å². The van der Waals surface area contributed by atoms with Crippen LogP contribution in [0.25, 0.3) is 5.57 Å². The Morgan fingerprint density at radius 2 is 1.67 bits per heavy atom. The first-order chi connectivity index (χ1) is 25.8. The van der Waals surface area contributed by atoms with E-state index >= 15 is 0 Å². The number of hydrogen-bond acceptors (Lipinski definition) is 5. The smallest absolute Gasteiger partial charge is 0.176 e.